The van der Waals surface area contributed by atoms with E-state index in [0.717, 1.165) is 35.5 Å². The van der Waals surface area contributed by atoms with Gasteiger partial charge in [-0.2, -0.15) is 0 Å². The first kappa shape index (κ1) is 10.9. The van der Waals surface area contributed by atoms with Crippen LogP contribution >= 0.6 is 12.2 Å². The molecular formula is C12H15N3OS. The molecule has 0 bridgehead atoms. The van der Waals surface area contributed by atoms with Crippen LogP contribution in [0.2, 0.25) is 0 Å². The third-order valence-corrected chi connectivity index (χ3v) is 3.55. The van der Waals surface area contributed by atoms with Gasteiger partial charge in [0.25, 0.3) is 0 Å². The number of fused-ring (bicyclic) bond motifs is 1. The average Bonchev–Trinajstić information content (AvgIpc) is 2.93. The van der Waals surface area contributed by atoms with Crippen LogP contribution in [0.5, 0.6) is 0 Å². The molecule has 1 unspecified atom stereocenters. The van der Waals surface area contributed by atoms with E-state index in [1.807, 2.05) is 12.1 Å². The Morgan fingerprint density at radius 3 is 3.35 bits per heavy atom. The molecule has 0 spiro atoms. The number of hydrogen-bond acceptors (Lipinski definition) is 3. The van der Waals surface area contributed by atoms with Crippen LogP contribution in [-0.4, -0.2) is 27.2 Å². The van der Waals surface area contributed by atoms with Crippen LogP contribution in [0.1, 0.15) is 19.3 Å². The van der Waals surface area contributed by atoms with Crippen LogP contribution < -0.4 is 0 Å². The highest BCUT2D eigenvalue weighted by molar-refractivity contribution is 7.71. The van der Waals surface area contributed by atoms with Crippen LogP contribution in [0.4, 0.5) is 0 Å². The molecule has 1 fully saturated rings. The molecule has 1 aliphatic rings. The Morgan fingerprint density at radius 2 is 2.53 bits per heavy atom. The minimum Gasteiger partial charge on any atom is -0.378 e. The number of pyridine rings is 1. The predicted molar refractivity (Wildman–Crippen MR) is 68.5 cm³/mol. The molecule has 1 aliphatic heterocycles. The van der Waals surface area contributed by atoms with Crippen molar-refractivity contribution in [1.29, 1.82) is 0 Å². The van der Waals surface area contributed by atoms with Gasteiger partial charge >= 0.3 is 0 Å². The van der Waals surface area contributed by atoms with Gasteiger partial charge in [0, 0.05) is 19.3 Å². The van der Waals surface area contributed by atoms with Crippen molar-refractivity contribution < 1.29 is 4.74 Å². The molecule has 0 aromatic carbocycles. The molecule has 3 rings (SSSR count). The minimum absolute atomic E-state index is 0.394. The summed E-state index contributed by atoms with van der Waals surface area (Å²) in [4.78, 5) is 7.55. The quantitative estimate of drug-likeness (QED) is 0.850. The lowest BCUT2D eigenvalue weighted by Crippen LogP contribution is -2.10. The zero-order chi connectivity index (χ0) is 11.7. The maximum atomic E-state index is 5.63. The van der Waals surface area contributed by atoms with E-state index in [4.69, 9.17) is 17.0 Å². The number of nitrogens with zero attached hydrogens (tertiary/aromatic N) is 2. The van der Waals surface area contributed by atoms with Gasteiger partial charge in [-0.25, -0.2) is 4.98 Å². The lowest BCUT2D eigenvalue weighted by atomic mass is 10.2. The SMILES string of the molecule is S=c1[nH]c2cccnc2n1CCC1CCCO1. The zero-order valence-electron chi connectivity index (χ0n) is 9.56. The summed E-state index contributed by atoms with van der Waals surface area (Å²) in [6.45, 7) is 1.78. The highest BCUT2D eigenvalue weighted by atomic mass is 32.1. The first-order chi connectivity index (χ1) is 8.34. The highest BCUT2D eigenvalue weighted by Gasteiger charge is 2.16. The summed E-state index contributed by atoms with van der Waals surface area (Å²) in [7, 11) is 0. The van der Waals surface area contributed by atoms with Gasteiger partial charge in [0.15, 0.2) is 10.4 Å². The molecule has 0 amide bonds. The van der Waals surface area contributed by atoms with Crippen LogP contribution in [-0.2, 0) is 11.3 Å². The van der Waals surface area contributed by atoms with Crippen molar-refractivity contribution in [2.75, 3.05) is 6.61 Å². The molecule has 90 valence electrons. The molecule has 3 heterocycles. The number of aryl methyl sites for hydroxylation is 1. The normalized spacial score (nSPS) is 20.1. The molecular weight excluding hydrogens is 234 g/mol. The zero-order valence-corrected chi connectivity index (χ0v) is 10.4. The molecule has 0 saturated carbocycles. The summed E-state index contributed by atoms with van der Waals surface area (Å²) in [6.07, 6.45) is 5.56. The number of imidazole rings is 1. The van der Waals surface area contributed by atoms with Crippen LogP contribution in [0.25, 0.3) is 11.2 Å². The van der Waals surface area contributed by atoms with Gasteiger partial charge in [-0.05, 0) is 43.6 Å². The van der Waals surface area contributed by atoms with E-state index in [9.17, 15) is 0 Å². The van der Waals surface area contributed by atoms with Crippen molar-refractivity contribution in [2.24, 2.45) is 0 Å². The van der Waals surface area contributed by atoms with E-state index >= 15 is 0 Å². The van der Waals surface area contributed by atoms with Crippen molar-refractivity contribution in [3.05, 3.63) is 23.1 Å². The summed E-state index contributed by atoms with van der Waals surface area (Å²) in [6, 6.07) is 3.92. The van der Waals surface area contributed by atoms with Gasteiger partial charge in [0.1, 0.15) is 0 Å². The summed E-state index contributed by atoms with van der Waals surface area (Å²) >= 11 is 5.32. The molecule has 5 heteroatoms. The van der Waals surface area contributed by atoms with Gasteiger partial charge in [-0.3, -0.25) is 0 Å². The molecule has 0 radical (unpaired) electrons. The number of ether oxygens (including phenoxy) is 1. The molecule has 1 atom stereocenters. The average molecular weight is 249 g/mol. The molecule has 1 saturated heterocycles. The van der Waals surface area contributed by atoms with Crippen molar-refractivity contribution >= 4 is 23.4 Å². The summed E-state index contributed by atoms with van der Waals surface area (Å²) in [5.74, 6) is 0. The minimum atomic E-state index is 0.394. The Balaban J connectivity index is 1.84. The largest absolute Gasteiger partial charge is 0.378 e. The smallest absolute Gasteiger partial charge is 0.179 e. The second-order valence-corrected chi connectivity index (χ2v) is 4.77. The van der Waals surface area contributed by atoms with Crippen LogP contribution in [0.15, 0.2) is 18.3 Å². The molecule has 2 aromatic rings. The van der Waals surface area contributed by atoms with Gasteiger partial charge in [0.05, 0.1) is 11.6 Å². The summed E-state index contributed by atoms with van der Waals surface area (Å²) < 4.78 is 8.43. The maximum absolute atomic E-state index is 5.63. The fraction of sp³-hybridized carbons (Fsp3) is 0.500. The Bertz CT molecular complexity index is 568. The molecule has 17 heavy (non-hydrogen) atoms. The lowest BCUT2D eigenvalue weighted by Gasteiger charge is -2.09. The van der Waals surface area contributed by atoms with E-state index in [-0.39, 0.29) is 0 Å². The lowest BCUT2D eigenvalue weighted by molar-refractivity contribution is 0.100. The Labute approximate surface area is 105 Å². The Hall–Kier alpha value is -1.20. The van der Waals surface area contributed by atoms with Crippen LogP contribution in [0.3, 0.4) is 0 Å². The molecule has 4 nitrogen and oxygen atoms in total. The molecule has 0 aliphatic carbocycles. The first-order valence-electron chi connectivity index (χ1n) is 6.00. The van der Waals surface area contributed by atoms with E-state index in [2.05, 4.69) is 14.5 Å². The second kappa shape index (κ2) is 4.58. The Morgan fingerprint density at radius 1 is 1.59 bits per heavy atom. The fourth-order valence-electron chi connectivity index (χ4n) is 2.34. The number of nitrogens with one attached hydrogen (secondary N) is 1. The highest BCUT2D eigenvalue weighted by Crippen LogP contribution is 2.18. The maximum Gasteiger partial charge on any atom is 0.179 e. The number of aromatic amines is 1. The Kier molecular flexibility index (Phi) is 2.94. The number of hydrogen-bond donors (Lipinski definition) is 1. The summed E-state index contributed by atoms with van der Waals surface area (Å²) in [5, 5.41) is 0. The first-order valence-corrected chi connectivity index (χ1v) is 6.40. The van der Waals surface area contributed by atoms with Crippen LogP contribution in [0, 0.1) is 4.77 Å². The third-order valence-electron chi connectivity index (χ3n) is 3.23. The molecule has 2 aromatic heterocycles. The van der Waals surface area contributed by atoms with E-state index < -0.39 is 0 Å². The van der Waals surface area contributed by atoms with Crippen molar-refractivity contribution in [2.45, 2.75) is 31.9 Å². The van der Waals surface area contributed by atoms with Crippen molar-refractivity contribution in [1.82, 2.24) is 14.5 Å². The van der Waals surface area contributed by atoms with Gasteiger partial charge in [-0.15, -0.1) is 0 Å². The number of rotatable bonds is 3. The van der Waals surface area contributed by atoms with E-state index in [1.165, 1.54) is 12.8 Å². The van der Waals surface area contributed by atoms with Gasteiger partial charge < -0.3 is 14.3 Å². The third kappa shape index (κ3) is 2.12. The predicted octanol–water partition coefficient (Wildman–Crippen LogP) is 2.66. The fourth-order valence-corrected chi connectivity index (χ4v) is 2.63. The monoisotopic (exact) mass is 249 g/mol. The van der Waals surface area contributed by atoms with E-state index in [1.54, 1.807) is 6.20 Å². The second-order valence-electron chi connectivity index (χ2n) is 4.38. The number of aromatic nitrogens is 3. The van der Waals surface area contributed by atoms with Gasteiger partial charge in [-0.1, -0.05) is 0 Å². The standard InChI is InChI=1S/C12H15N3OS/c17-12-14-10-4-1-6-13-11(10)15(12)7-5-9-3-2-8-16-9/h1,4,6,9H,2-3,5,7-8H2,(H,14,17). The van der Waals surface area contributed by atoms with Crippen molar-refractivity contribution in [3.63, 3.8) is 0 Å². The summed E-state index contributed by atoms with van der Waals surface area (Å²) in [5.41, 5.74) is 1.94. The molecule has 1 N–H and O–H groups in total. The number of H-pyrrole nitrogens is 1. The van der Waals surface area contributed by atoms with E-state index in [0.29, 0.717) is 6.10 Å². The topological polar surface area (TPSA) is 42.8 Å². The van der Waals surface area contributed by atoms with Gasteiger partial charge in [0.2, 0.25) is 0 Å². The van der Waals surface area contributed by atoms with Crippen molar-refractivity contribution in [3.8, 4) is 0 Å².